The lowest BCUT2D eigenvalue weighted by Crippen LogP contribution is -2.65. The van der Waals surface area contributed by atoms with Crippen LogP contribution in [0.1, 0.15) is 44.9 Å². The summed E-state index contributed by atoms with van der Waals surface area (Å²) in [6, 6.07) is 0. The number of carbonyl (C=O) groups is 2. The first-order valence-electron chi connectivity index (χ1n) is 20.1. The summed E-state index contributed by atoms with van der Waals surface area (Å²) in [5.41, 5.74) is 0. The molecule has 0 aromatic heterocycles. The molecule has 6 aliphatic rings. The summed E-state index contributed by atoms with van der Waals surface area (Å²) in [5, 5.41) is 146. The third-order valence-electron chi connectivity index (χ3n) is 12.5. The van der Waals surface area contributed by atoms with Gasteiger partial charge in [-0.15, -0.1) is 0 Å². The van der Waals surface area contributed by atoms with E-state index in [2.05, 4.69) is 0 Å². The molecule has 24 atom stereocenters. The van der Waals surface area contributed by atoms with Crippen molar-refractivity contribution in [2.75, 3.05) is 19.8 Å². The lowest BCUT2D eigenvalue weighted by molar-refractivity contribution is -0.368. The van der Waals surface area contributed by atoms with E-state index in [-0.39, 0.29) is 38.0 Å². The maximum atomic E-state index is 12.1. The molecule has 0 radical (unpaired) electrons. The van der Waals surface area contributed by atoms with Crippen LogP contribution >= 0.6 is 0 Å². The van der Waals surface area contributed by atoms with Crippen molar-refractivity contribution in [3.8, 4) is 0 Å². The van der Waals surface area contributed by atoms with Gasteiger partial charge in [-0.3, -0.25) is 9.59 Å². The van der Waals surface area contributed by atoms with Gasteiger partial charge in [-0.05, 0) is 25.7 Å². The van der Waals surface area contributed by atoms with Crippen LogP contribution in [0.2, 0.25) is 0 Å². The molecule has 9 unspecified atom stereocenters. The standard InChI is InChI=1S/C36H58O24/c37-8-19-24(45)27(48)29(50)34(57-19)56-17-2-1-11(3-15(17)40)32-16(41)6-13-14(39)4-12(5-18(13)55-32)54-36-31(52)33(26(47)21(59-36)10-53-23(44)7-22(42)43)60-35-30(51)28(49)25(46)20(9-38)58-35/h11-21,24-41,45-52H,1-10H2,(H,42,43)/p+1/t11?,12?,13?,14?,15?,16?,17?,18?,19-,20-,21-,24-,25-,26-,27+,28-,29-,30+,31-,32?,33+,34-,35-,36-/m0/s1. The molecular weight excluding hydrogens is 816 g/mol. The molecule has 15 N–H and O–H groups in total. The van der Waals surface area contributed by atoms with E-state index >= 15 is 0 Å². The molecule has 0 aromatic carbocycles. The molecule has 0 spiro atoms. The molecule has 2 saturated carbocycles. The predicted octanol–water partition coefficient (Wildman–Crippen LogP) is -7.83. The first kappa shape index (κ1) is 47.6. The number of hydrogen-bond donors (Lipinski definition) is 14. The number of aliphatic carboxylic acids is 1. The molecule has 346 valence electrons. The average molecular weight is 876 g/mol. The van der Waals surface area contributed by atoms with E-state index in [9.17, 15) is 76.0 Å². The van der Waals surface area contributed by atoms with Crippen molar-refractivity contribution in [3.05, 3.63) is 0 Å². The summed E-state index contributed by atoms with van der Waals surface area (Å²) >= 11 is 0. The molecular formula is C36H59O24+. The molecule has 4 aliphatic heterocycles. The fraction of sp³-hybridized carbons (Fsp3) is 0.944. The zero-order valence-electron chi connectivity index (χ0n) is 32.3. The third-order valence-corrected chi connectivity index (χ3v) is 12.5. The van der Waals surface area contributed by atoms with E-state index < -0.39 is 179 Å². The normalized spacial score (nSPS) is 50.1. The molecule has 6 rings (SSSR count). The number of carbonyl (C=O) groups excluding carboxylic acids is 1. The Bertz CT molecular complexity index is 1410. The Hall–Kier alpha value is -1.86. The molecule has 60 heavy (non-hydrogen) atoms. The zero-order valence-corrected chi connectivity index (χ0v) is 32.3. The Morgan fingerprint density at radius 2 is 1.17 bits per heavy atom. The number of ether oxygens (including phenoxy) is 8. The number of aliphatic hydroxyl groups excluding tert-OH is 13. The lowest BCUT2D eigenvalue weighted by atomic mass is 9.72. The van der Waals surface area contributed by atoms with Gasteiger partial charge in [0.1, 0.15) is 92.4 Å². The van der Waals surface area contributed by atoms with Crippen LogP contribution in [0.4, 0.5) is 0 Å². The van der Waals surface area contributed by atoms with Gasteiger partial charge in [0.05, 0.1) is 43.5 Å². The van der Waals surface area contributed by atoms with Crippen molar-refractivity contribution in [3.63, 3.8) is 0 Å². The summed E-state index contributed by atoms with van der Waals surface area (Å²) in [6.07, 6.45) is -31.5. The number of fused-ring (bicyclic) bond motifs is 1. The van der Waals surface area contributed by atoms with Crippen LogP contribution in [0, 0.1) is 11.8 Å². The summed E-state index contributed by atoms with van der Waals surface area (Å²) in [7, 11) is 0. The Morgan fingerprint density at radius 3 is 1.75 bits per heavy atom. The van der Waals surface area contributed by atoms with Crippen LogP contribution in [-0.2, 0) is 42.7 Å². The van der Waals surface area contributed by atoms with Gasteiger partial charge in [-0.25, -0.2) is 0 Å². The van der Waals surface area contributed by atoms with Crippen LogP contribution in [0.3, 0.4) is 0 Å². The van der Waals surface area contributed by atoms with E-state index in [4.69, 9.17) is 43.0 Å². The van der Waals surface area contributed by atoms with Gasteiger partial charge >= 0.3 is 11.9 Å². The highest BCUT2D eigenvalue weighted by Gasteiger charge is 2.56. The average Bonchev–Trinajstić information content (AvgIpc) is 3.20. The Balaban J connectivity index is 1.10. The molecule has 6 fully saturated rings. The quantitative estimate of drug-likeness (QED) is 0.0464. The van der Waals surface area contributed by atoms with Crippen molar-refractivity contribution in [1.82, 2.24) is 0 Å². The van der Waals surface area contributed by atoms with Crippen LogP contribution < -0.4 is 0 Å². The van der Waals surface area contributed by atoms with Gasteiger partial charge in [0.2, 0.25) is 0 Å². The largest absolute Gasteiger partial charge is 0.481 e. The topological polar surface area (TPSA) is 395 Å². The van der Waals surface area contributed by atoms with E-state index in [1.165, 1.54) is 0 Å². The highest BCUT2D eigenvalue weighted by atomic mass is 16.7. The Kier molecular flexibility index (Phi) is 16.1. The molecule has 0 bridgehead atoms. The monoisotopic (exact) mass is 875 g/mol. The second kappa shape index (κ2) is 20.3. The summed E-state index contributed by atoms with van der Waals surface area (Å²) in [5.74, 6) is -3.55. The molecule has 24 nitrogen and oxygen atoms in total. The molecule has 4 heterocycles. The van der Waals surface area contributed by atoms with E-state index in [1.807, 2.05) is 0 Å². The highest BCUT2D eigenvalue weighted by Crippen LogP contribution is 2.42. The van der Waals surface area contributed by atoms with Gasteiger partial charge in [0, 0.05) is 18.8 Å². The van der Waals surface area contributed by atoms with Crippen molar-refractivity contribution >= 4 is 11.9 Å². The first-order chi connectivity index (χ1) is 28.4. The maximum Gasteiger partial charge on any atom is 0.317 e. The number of carboxylic acids is 1. The van der Waals surface area contributed by atoms with Gasteiger partial charge in [0.15, 0.2) is 31.1 Å². The van der Waals surface area contributed by atoms with Crippen molar-refractivity contribution in [1.29, 1.82) is 0 Å². The second-order valence-corrected chi connectivity index (χ2v) is 16.6. The summed E-state index contributed by atoms with van der Waals surface area (Å²) in [4.78, 5) is 23.1. The molecule has 4 saturated heterocycles. The van der Waals surface area contributed by atoms with Gasteiger partial charge in [-0.1, -0.05) is 0 Å². The fourth-order valence-corrected chi connectivity index (χ4v) is 9.17. The van der Waals surface area contributed by atoms with Crippen LogP contribution in [0.5, 0.6) is 0 Å². The molecule has 0 aromatic rings. The number of carboxylic acid groups (broad SMARTS) is 1. The van der Waals surface area contributed by atoms with Gasteiger partial charge < -0.3 is 109 Å². The summed E-state index contributed by atoms with van der Waals surface area (Å²) < 4.78 is 44.1. The first-order valence-corrected chi connectivity index (χ1v) is 20.1. The third kappa shape index (κ3) is 10.4. The van der Waals surface area contributed by atoms with Gasteiger partial charge in [-0.2, -0.15) is 0 Å². The minimum Gasteiger partial charge on any atom is -0.481 e. The van der Waals surface area contributed by atoms with Crippen LogP contribution in [-0.4, -0.2) is 243 Å². The molecule has 2 aliphatic carbocycles. The minimum atomic E-state index is -1.94. The summed E-state index contributed by atoms with van der Waals surface area (Å²) in [6.45, 7) is -2.23. The Morgan fingerprint density at radius 1 is 0.583 bits per heavy atom. The van der Waals surface area contributed by atoms with Crippen LogP contribution in [0.25, 0.3) is 0 Å². The molecule has 0 amide bonds. The van der Waals surface area contributed by atoms with Crippen molar-refractivity contribution in [2.45, 2.75) is 180 Å². The van der Waals surface area contributed by atoms with Gasteiger partial charge in [0.25, 0.3) is 0 Å². The van der Waals surface area contributed by atoms with Crippen molar-refractivity contribution in [2.24, 2.45) is 11.8 Å². The van der Waals surface area contributed by atoms with E-state index in [1.54, 1.807) is 0 Å². The minimum absolute atomic E-state index is 0.0289. The van der Waals surface area contributed by atoms with Crippen molar-refractivity contribution < 1.29 is 119 Å². The fourth-order valence-electron chi connectivity index (χ4n) is 9.17. The number of esters is 1. The smallest absolute Gasteiger partial charge is 0.317 e. The van der Waals surface area contributed by atoms with Crippen LogP contribution in [0.15, 0.2) is 0 Å². The van der Waals surface area contributed by atoms with E-state index in [0.717, 1.165) is 0 Å². The van der Waals surface area contributed by atoms with E-state index in [0.29, 0.717) is 6.42 Å². The highest BCUT2D eigenvalue weighted by molar-refractivity contribution is 5.90. The SMILES string of the molecule is O=C(O)CC(=O)OC[C@@H]1O[C@H](OC2CC(O)C3CC(O)C(C4CCC(O[C@H]5O[C@@H](CO)[C@H](O)[C@@H](O)[C@@H]5O)C(O)C4)[OH+]C3C2)[C@@H](O)[C@H](O[C@@H]2O[C@@H](CO)[C@H](O)[C@H](O)[C@H]2O)[C@H]1O. The maximum absolute atomic E-state index is 12.1. The number of hydrogen-bond acceptors (Lipinski definition) is 22. The lowest BCUT2D eigenvalue weighted by Gasteiger charge is -2.48. The second-order valence-electron chi connectivity index (χ2n) is 16.6. The number of rotatable bonds is 13. The Labute approximate surface area is 342 Å². The predicted molar refractivity (Wildman–Crippen MR) is 189 cm³/mol. The zero-order chi connectivity index (χ0) is 43.7. The molecule has 24 heteroatoms. The number of aliphatic hydroxyl groups is 15.